The molecule has 1 saturated heterocycles. The summed E-state index contributed by atoms with van der Waals surface area (Å²) in [6.07, 6.45) is 5.82. The van der Waals surface area contributed by atoms with Crippen LogP contribution in [0.2, 0.25) is 0 Å². The Balaban J connectivity index is 2.37. The van der Waals surface area contributed by atoms with E-state index in [1.54, 1.807) is 0 Å². The summed E-state index contributed by atoms with van der Waals surface area (Å²) in [6.45, 7) is 1.75. The van der Waals surface area contributed by atoms with Crippen molar-refractivity contribution in [3.63, 3.8) is 0 Å². The maximum absolute atomic E-state index is 12.4. The molecular formula is C12H22N4O2S2. The van der Waals surface area contributed by atoms with Gasteiger partial charge in [-0.05, 0) is 24.4 Å². The number of aromatic nitrogens is 1. The van der Waals surface area contributed by atoms with E-state index < -0.39 is 10.0 Å². The van der Waals surface area contributed by atoms with Gasteiger partial charge in [0.05, 0.1) is 0 Å². The summed E-state index contributed by atoms with van der Waals surface area (Å²) in [7, 11) is -0.516. The topological polar surface area (TPSA) is 79.5 Å². The SMILES string of the molecule is CN(C)S(=O)(=O)c1c(N)nsc1N1CCCCCCC1. The lowest BCUT2D eigenvalue weighted by Gasteiger charge is -2.26. The Labute approximate surface area is 124 Å². The van der Waals surface area contributed by atoms with E-state index in [4.69, 9.17) is 5.73 Å². The molecule has 0 radical (unpaired) electrons. The van der Waals surface area contributed by atoms with Gasteiger partial charge >= 0.3 is 0 Å². The molecular weight excluding hydrogens is 296 g/mol. The maximum atomic E-state index is 12.4. The molecule has 0 saturated carbocycles. The van der Waals surface area contributed by atoms with Crippen LogP contribution in [-0.2, 0) is 10.0 Å². The zero-order valence-electron chi connectivity index (χ0n) is 12.0. The highest BCUT2D eigenvalue weighted by Gasteiger charge is 2.30. The van der Waals surface area contributed by atoms with Gasteiger partial charge in [0, 0.05) is 27.2 Å². The van der Waals surface area contributed by atoms with Crippen molar-refractivity contribution in [2.45, 2.75) is 37.0 Å². The molecule has 2 heterocycles. The minimum absolute atomic E-state index is 0.112. The predicted octanol–water partition coefficient (Wildman–Crippen LogP) is 1.75. The summed E-state index contributed by atoms with van der Waals surface area (Å²) < 4.78 is 30.1. The molecule has 0 atom stereocenters. The zero-order chi connectivity index (χ0) is 14.8. The maximum Gasteiger partial charge on any atom is 0.249 e. The van der Waals surface area contributed by atoms with E-state index in [2.05, 4.69) is 9.27 Å². The molecule has 8 heteroatoms. The Hall–Kier alpha value is -0.860. The first-order chi connectivity index (χ1) is 9.44. The highest BCUT2D eigenvalue weighted by molar-refractivity contribution is 7.89. The molecule has 1 aliphatic heterocycles. The normalized spacial score (nSPS) is 18.1. The fourth-order valence-electron chi connectivity index (χ4n) is 2.36. The molecule has 114 valence electrons. The van der Waals surface area contributed by atoms with E-state index >= 15 is 0 Å². The number of anilines is 2. The molecule has 2 rings (SSSR count). The third-order valence-electron chi connectivity index (χ3n) is 3.54. The van der Waals surface area contributed by atoms with Gasteiger partial charge in [0.2, 0.25) is 10.0 Å². The van der Waals surface area contributed by atoms with Crippen LogP contribution >= 0.6 is 11.5 Å². The third kappa shape index (κ3) is 3.07. The van der Waals surface area contributed by atoms with E-state index in [-0.39, 0.29) is 10.7 Å². The molecule has 0 aliphatic carbocycles. The molecule has 0 amide bonds. The second-order valence-corrected chi connectivity index (χ2v) is 8.08. The Morgan fingerprint density at radius 3 is 2.25 bits per heavy atom. The highest BCUT2D eigenvalue weighted by atomic mass is 32.2. The van der Waals surface area contributed by atoms with Crippen LogP contribution in [0.1, 0.15) is 32.1 Å². The number of hydrogen-bond acceptors (Lipinski definition) is 6. The summed E-state index contributed by atoms with van der Waals surface area (Å²) in [5.74, 6) is 0.112. The number of nitrogens with two attached hydrogens (primary N) is 1. The standard InChI is InChI=1S/C12H22N4O2S2/c1-15(2)20(17,18)10-11(13)14-19-12(10)16-8-6-4-3-5-7-9-16/h3-9H2,1-2H3,(H2,13,14). The van der Waals surface area contributed by atoms with Crippen LogP contribution in [0.4, 0.5) is 10.8 Å². The number of nitrogen functional groups attached to an aromatic ring is 1. The van der Waals surface area contributed by atoms with Crippen LogP contribution < -0.4 is 10.6 Å². The molecule has 2 N–H and O–H groups in total. The molecule has 1 aromatic heterocycles. The van der Waals surface area contributed by atoms with Crippen molar-refractivity contribution in [1.82, 2.24) is 8.68 Å². The largest absolute Gasteiger partial charge is 0.382 e. The van der Waals surface area contributed by atoms with Gasteiger partial charge in [-0.3, -0.25) is 0 Å². The van der Waals surface area contributed by atoms with Crippen LogP contribution in [0.5, 0.6) is 0 Å². The Morgan fingerprint density at radius 1 is 1.15 bits per heavy atom. The van der Waals surface area contributed by atoms with E-state index in [0.717, 1.165) is 25.9 Å². The van der Waals surface area contributed by atoms with Crippen molar-refractivity contribution in [2.24, 2.45) is 0 Å². The van der Waals surface area contributed by atoms with Crippen molar-refractivity contribution in [3.05, 3.63) is 0 Å². The molecule has 0 spiro atoms. The number of sulfonamides is 1. The number of rotatable bonds is 3. The summed E-state index contributed by atoms with van der Waals surface area (Å²) >= 11 is 1.19. The minimum Gasteiger partial charge on any atom is -0.382 e. The first kappa shape index (κ1) is 15.5. The summed E-state index contributed by atoms with van der Waals surface area (Å²) in [4.78, 5) is 2.30. The number of hydrogen-bond donors (Lipinski definition) is 1. The second kappa shape index (κ2) is 6.28. The minimum atomic E-state index is -3.55. The zero-order valence-corrected chi connectivity index (χ0v) is 13.6. The van der Waals surface area contributed by atoms with Gasteiger partial charge < -0.3 is 10.6 Å². The van der Waals surface area contributed by atoms with Crippen LogP contribution in [0.3, 0.4) is 0 Å². The van der Waals surface area contributed by atoms with E-state index in [9.17, 15) is 8.42 Å². The fourth-order valence-corrected chi connectivity index (χ4v) is 4.63. The van der Waals surface area contributed by atoms with Gasteiger partial charge in [0.1, 0.15) is 5.00 Å². The average Bonchev–Trinajstić information content (AvgIpc) is 2.71. The summed E-state index contributed by atoms with van der Waals surface area (Å²) in [5, 5.41) is 0.693. The van der Waals surface area contributed by atoms with E-state index in [1.165, 1.54) is 49.2 Å². The van der Waals surface area contributed by atoms with Gasteiger partial charge in [0.25, 0.3) is 0 Å². The first-order valence-corrected chi connectivity index (χ1v) is 9.08. The molecule has 1 aliphatic rings. The van der Waals surface area contributed by atoms with Gasteiger partial charge in [-0.15, -0.1) is 0 Å². The van der Waals surface area contributed by atoms with Crippen LogP contribution in [0.15, 0.2) is 4.90 Å². The molecule has 0 unspecified atom stereocenters. The van der Waals surface area contributed by atoms with E-state index in [1.807, 2.05) is 0 Å². The van der Waals surface area contributed by atoms with Gasteiger partial charge in [0.15, 0.2) is 10.7 Å². The Kier molecular flexibility index (Phi) is 4.87. The van der Waals surface area contributed by atoms with Crippen molar-refractivity contribution in [3.8, 4) is 0 Å². The van der Waals surface area contributed by atoms with Crippen molar-refractivity contribution in [1.29, 1.82) is 0 Å². The average molecular weight is 318 g/mol. The lowest BCUT2D eigenvalue weighted by Crippen LogP contribution is -2.30. The molecule has 0 aromatic carbocycles. The molecule has 20 heavy (non-hydrogen) atoms. The van der Waals surface area contributed by atoms with Crippen molar-refractivity contribution in [2.75, 3.05) is 37.8 Å². The van der Waals surface area contributed by atoms with Gasteiger partial charge in [-0.25, -0.2) is 12.7 Å². The molecule has 6 nitrogen and oxygen atoms in total. The highest BCUT2D eigenvalue weighted by Crippen LogP contribution is 2.36. The smallest absolute Gasteiger partial charge is 0.249 e. The van der Waals surface area contributed by atoms with E-state index in [0.29, 0.717) is 5.00 Å². The van der Waals surface area contributed by atoms with Gasteiger partial charge in [-0.1, -0.05) is 19.3 Å². The Bertz CT molecular complexity index is 546. The van der Waals surface area contributed by atoms with Gasteiger partial charge in [-0.2, -0.15) is 4.37 Å². The quantitative estimate of drug-likeness (QED) is 0.918. The lowest BCUT2D eigenvalue weighted by molar-refractivity contribution is 0.519. The van der Waals surface area contributed by atoms with Crippen molar-refractivity contribution < 1.29 is 8.42 Å². The van der Waals surface area contributed by atoms with Crippen LogP contribution in [-0.4, -0.2) is 44.3 Å². The van der Waals surface area contributed by atoms with Crippen LogP contribution in [0.25, 0.3) is 0 Å². The third-order valence-corrected chi connectivity index (χ3v) is 6.47. The lowest BCUT2D eigenvalue weighted by atomic mass is 10.1. The monoisotopic (exact) mass is 318 g/mol. The summed E-state index contributed by atoms with van der Waals surface area (Å²) in [5.41, 5.74) is 5.81. The summed E-state index contributed by atoms with van der Waals surface area (Å²) in [6, 6.07) is 0. The molecule has 1 fully saturated rings. The van der Waals surface area contributed by atoms with Crippen LogP contribution in [0, 0.1) is 0 Å². The fraction of sp³-hybridized carbons (Fsp3) is 0.750. The molecule has 1 aromatic rings. The predicted molar refractivity (Wildman–Crippen MR) is 82.7 cm³/mol. The number of nitrogens with zero attached hydrogens (tertiary/aromatic N) is 3. The first-order valence-electron chi connectivity index (χ1n) is 6.87. The Morgan fingerprint density at radius 2 is 1.70 bits per heavy atom. The van der Waals surface area contributed by atoms with Crippen molar-refractivity contribution >= 4 is 32.4 Å². The molecule has 0 bridgehead atoms. The second-order valence-electron chi connectivity index (χ2n) is 5.24.